The SMILES string of the molecule is CC1C[C@@H](C)N(C(=O)CCl)[C@H](C)C1. The van der Waals surface area contributed by atoms with E-state index in [1.54, 1.807) is 0 Å². The number of carbonyl (C=O) groups is 1. The van der Waals surface area contributed by atoms with Crippen molar-refractivity contribution >= 4 is 17.5 Å². The Morgan fingerprint density at radius 3 is 2.15 bits per heavy atom. The van der Waals surface area contributed by atoms with Gasteiger partial charge in [0.05, 0.1) is 0 Å². The van der Waals surface area contributed by atoms with E-state index in [9.17, 15) is 4.79 Å². The molecule has 1 saturated heterocycles. The highest BCUT2D eigenvalue weighted by molar-refractivity contribution is 6.27. The van der Waals surface area contributed by atoms with Crippen molar-refractivity contribution in [2.45, 2.75) is 45.7 Å². The molecular weight excluding hydrogens is 186 g/mol. The van der Waals surface area contributed by atoms with Crippen LogP contribution in [0, 0.1) is 5.92 Å². The van der Waals surface area contributed by atoms with Crippen molar-refractivity contribution in [1.29, 1.82) is 0 Å². The minimum atomic E-state index is 0.0774. The van der Waals surface area contributed by atoms with Crippen LogP contribution in [-0.4, -0.2) is 28.8 Å². The maximum absolute atomic E-state index is 11.5. The minimum Gasteiger partial charge on any atom is -0.336 e. The second-order valence-electron chi connectivity index (χ2n) is 4.21. The average molecular weight is 204 g/mol. The van der Waals surface area contributed by atoms with E-state index < -0.39 is 0 Å². The molecule has 0 radical (unpaired) electrons. The fourth-order valence-corrected chi connectivity index (χ4v) is 2.62. The Hall–Kier alpha value is -0.240. The average Bonchev–Trinajstić information content (AvgIpc) is 2.02. The second-order valence-corrected chi connectivity index (χ2v) is 4.48. The number of carbonyl (C=O) groups excluding carboxylic acids is 1. The van der Waals surface area contributed by atoms with Gasteiger partial charge in [-0.1, -0.05) is 6.92 Å². The summed E-state index contributed by atoms with van der Waals surface area (Å²) in [4.78, 5) is 13.4. The fourth-order valence-electron chi connectivity index (χ4n) is 2.48. The number of hydrogen-bond acceptors (Lipinski definition) is 1. The molecule has 0 N–H and O–H groups in total. The Bertz CT molecular complexity index is 183. The van der Waals surface area contributed by atoms with E-state index in [0.717, 1.165) is 18.8 Å². The number of amides is 1. The first kappa shape index (κ1) is 10.8. The van der Waals surface area contributed by atoms with Crippen molar-refractivity contribution in [2.24, 2.45) is 5.92 Å². The molecule has 0 aliphatic carbocycles. The number of piperidine rings is 1. The molecule has 0 unspecified atom stereocenters. The van der Waals surface area contributed by atoms with Crippen LogP contribution in [0.5, 0.6) is 0 Å². The van der Waals surface area contributed by atoms with Crippen LogP contribution in [0.4, 0.5) is 0 Å². The van der Waals surface area contributed by atoms with Gasteiger partial charge in [0.15, 0.2) is 0 Å². The Morgan fingerprint density at radius 2 is 1.77 bits per heavy atom. The fraction of sp³-hybridized carbons (Fsp3) is 0.900. The van der Waals surface area contributed by atoms with Gasteiger partial charge < -0.3 is 4.90 Å². The lowest BCUT2D eigenvalue weighted by molar-refractivity contribution is -0.135. The molecule has 2 nitrogen and oxygen atoms in total. The minimum absolute atomic E-state index is 0.0774. The summed E-state index contributed by atoms with van der Waals surface area (Å²) >= 11 is 5.56. The van der Waals surface area contributed by atoms with Crippen molar-refractivity contribution in [3.8, 4) is 0 Å². The topological polar surface area (TPSA) is 20.3 Å². The third-order valence-electron chi connectivity index (χ3n) is 2.84. The summed E-state index contributed by atoms with van der Waals surface area (Å²) in [5, 5.41) is 0. The van der Waals surface area contributed by atoms with Crippen LogP contribution >= 0.6 is 11.6 Å². The van der Waals surface area contributed by atoms with E-state index in [2.05, 4.69) is 20.8 Å². The van der Waals surface area contributed by atoms with E-state index in [0.29, 0.717) is 12.1 Å². The van der Waals surface area contributed by atoms with Crippen molar-refractivity contribution in [3.05, 3.63) is 0 Å². The molecule has 1 aliphatic rings. The van der Waals surface area contributed by atoms with E-state index in [4.69, 9.17) is 11.6 Å². The zero-order valence-electron chi connectivity index (χ0n) is 8.59. The summed E-state index contributed by atoms with van der Waals surface area (Å²) in [6.07, 6.45) is 2.21. The predicted molar refractivity (Wildman–Crippen MR) is 54.9 cm³/mol. The molecule has 1 amide bonds. The van der Waals surface area contributed by atoms with Crippen LogP contribution < -0.4 is 0 Å². The normalized spacial score (nSPS) is 34.8. The van der Waals surface area contributed by atoms with Gasteiger partial charge in [-0.25, -0.2) is 0 Å². The summed E-state index contributed by atoms with van der Waals surface area (Å²) in [6, 6.07) is 0.704. The van der Waals surface area contributed by atoms with Crippen LogP contribution in [0.15, 0.2) is 0 Å². The van der Waals surface area contributed by atoms with Crippen LogP contribution in [0.2, 0.25) is 0 Å². The Balaban J connectivity index is 2.66. The van der Waals surface area contributed by atoms with Gasteiger partial charge >= 0.3 is 0 Å². The van der Waals surface area contributed by atoms with Crippen LogP contribution in [0.3, 0.4) is 0 Å². The van der Waals surface area contributed by atoms with E-state index in [1.165, 1.54) is 0 Å². The zero-order chi connectivity index (χ0) is 10.0. The van der Waals surface area contributed by atoms with Crippen molar-refractivity contribution in [1.82, 2.24) is 4.90 Å². The molecule has 0 saturated carbocycles. The van der Waals surface area contributed by atoms with Gasteiger partial charge in [0.25, 0.3) is 0 Å². The van der Waals surface area contributed by atoms with Crippen LogP contribution in [0.25, 0.3) is 0 Å². The molecule has 0 aromatic heterocycles. The molecular formula is C10H18ClNO. The first-order chi connectivity index (χ1) is 6.06. The van der Waals surface area contributed by atoms with Crippen molar-refractivity contribution < 1.29 is 4.79 Å². The zero-order valence-corrected chi connectivity index (χ0v) is 9.34. The maximum atomic E-state index is 11.5. The van der Waals surface area contributed by atoms with Gasteiger partial charge in [-0.2, -0.15) is 0 Å². The standard InChI is InChI=1S/C10H18ClNO/c1-7-4-8(2)12(9(3)5-7)10(13)6-11/h7-9H,4-6H2,1-3H3/t8-,9-/m1/s1. The van der Waals surface area contributed by atoms with E-state index >= 15 is 0 Å². The molecule has 0 aromatic rings. The molecule has 1 aliphatic heterocycles. The molecule has 0 aromatic carbocycles. The van der Waals surface area contributed by atoms with Gasteiger partial charge in [-0.3, -0.25) is 4.79 Å². The number of likely N-dealkylation sites (tertiary alicyclic amines) is 1. The Labute approximate surface area is 85.2 Å². The van der Waals surface area contributed by atoms with Crippen molar-refractivity contribution in [3.63, 3.8) is 0 Å². The molecule has 1 heterocycles. The lowest BCUT2D eigenvalue weighted by atomic mass is 9.88. The summed E-state index contributed by atoms with van der Waals surface area (Å²) in [7, 11) is 0. The second kappa shape index (κ2) is 4.32. The predicted octanol–water partition coefficient (Wildman–Crippen LogP) is 2.26. The molecule has 1 rings (SSSR count). The highest BCUT2D eigenvalue weighted by atomic mass is 35.5. The Morgan fingerprint density at radius 1 is 1.31 bits per heavy atom. The summed E-state index contributed by atoms with van der Waals surface area (Å²) in [6.45, 7) is 6.46. The van der Waals surface area contributed by atoms with Gasteiger partial charge in [0.1, 0.15) is 5.88 Å². The molecule has 13 heavy (non-hydrogen) atoms. The number of halogens is 1. The van der Waals surface area contributed by atoms with Gasteiger partial charge in [-0.15, -0.1) is 11.6 Å². The monoisotopic (exact) mass is 203 g/mol. The molecule has 2 atom stereocenters. The van der Waals surface area contributed by atoms with Gasteiger partial charge in [-0.05, 0) is 32.6 Å². The molecule has 3 heteroatoms. The Kier molecular flexibility index (Phi) is 3.60. The lowest BCUT2D eigenvalue weighted by Gasteiger charge is -2.41. The quantitative estimate of drug-likeness (QED) is 0.599. The lowest BCUT2D eigenvalue weighted by Crippen LogP contribution is -2.50. The highest BCUT2D eigenvalue weighted by Gasteiger charge is 2.31. The molecule has 0 bridgehead atoms. The van der Waals surface area contributed by atoms with E-state index in [-0.39, 0.29) is 11.8 Å². The first-order valence-electron chi connectivity index (χ1n) is 4.93. The molecule has 1 fully saturated rings. The third-order valence-corrected chi connectivity index (χ3v) is 3.07. The summed E-state index contributed by atoms with van der Waals surface area (Å²) < 4.78 is 0. The number of nitrogens with zero attached hydrogens (tertiary/aromatic N) is 1. The molecule has 76 valence electrons. The number of rotatable bonds is 1. The van der Waals surface area contributed by atoms with Crippen molar-refractivity contribution in [2.75, 3.05) is 5.88 Å². The highest BCUT2D eigenvalue weighted by Crippen LogP contribution is 2.27. The van der Waals surface area contributed by atoms with Gasteiger partial charge in [0.2, 0.25) is 5.91 Å². The van der Waals surface area contributed by atoms with Crippen LogP contribution in [0.1, 0.15) is 33.6 Å². The summed E-state index contributed by atoms with van der Waals surface area (Å²) in [5.74, 6) is 0.918. The summed E-state index contributed by atoms with van der Waals surface area (Å²) in [5.41, 5.74) is 0. The number of hydrogen-bond donors (Lipinski definition) is 0. The smallest absolute Gasteiger partial charge is 0.237 e. The maximum Gasteiger partial charge on any atom is 0.237 e. The molecule has 0 spiro atoms. The van der Waals surface area contributed by atoms with E-state index in [1.807, 2.05) is 4.90 Å². The first-order valence-corrected chi connectivity index (χ1v) is 5.46. The largest absolute Gasteiger partial charge is 0.336 e. The third kappa shape index (κ3) is 2.37. The van der Waals surface area contributed by atoms with Gasteiger partial charge in [0, 0.05) is 12.1 Å². The number of alkyl halides is 1. The van der Waals surface area contributed by atoms with Crippen LogP contribution in [-0.2, 0) is 4.79 Å².